The molecule has 1 rings (SSSR count). The lowest BCUT2D eigenvalue weighted by molar-refractivity contribution is 0.0774. The maximum Gasteiger partial charge on any atom is 0.189 e. The summed E-state index contributed by atoms with van der Waals surface area (Å²) < 4.78 is 1.69. The molecule has 114 valence electrons. The van der Waals surface area contributed by atoms with Crippen LogP contribution in [-0.4, -0.2) is 47.6 Å². The van der Waals surface area contributed by atoms with Crippen LogP contribution in [0, 0.1) is 5.41 Å². The summed E-state index contributed by atoms with van der Waals surface area (Å²) in [5.74, 6) is 0.00579. The molecule has 0 radical (unpaired) electrons. The fraction of sp³-hybridized carbons (Fsp3) is 0.714. The maximum absolute atomic E-state index is 12.9. The van der Waals surface area contributed by atoms with Gasteiger partial charge in [-0.05, 0) is 26.9 Å². The van der Waals surface area contributed by atoms with Crippen molar-refractivity contribution in [3.63, 3.8) is 0 Å². The number of hydrogen-bond donors (Lipinski definition) is 1. The van der Waals surface area contributed by atoms with E-state index in [2.05, 4.69) is 5.10 Å². The van der Waals surface area contributed by atoms with E-state index in [1.165, 1.54) is 6.20 Å². The number of Topliss-reactive ketones (excluding diaryl/α,β-unsaturated/α-hetero) is 1. The molecule has 0 aliphatic heterocycles. The fourth-order valence-corrected chi connectivity index (χ4v) is 2.48. The van der Waals surface area contributed by atoms with Crippen LogP contribution in [0.5, 0.6) is 0 Å². The summed E-state index contributed by atoms with van der Waals surface area (Å²) in [6, 6.07) is 0. The summed E-state index contributed by atoms with van der Waals surface area (Å²) in [7, 11) is 3.96. The van der Waals surface area contributed by atoms with Crippen LogP contribution in [0.2, 0.25) is 5.02 Å². The van der Waals surface area contributed by atoms with Crippen molar-refractivity contribution in [3.8, 4) is 0 Å². The highest BCUT2D eigenvalue weighted by Gasteiger charge is 2.37. The molecule has 5 nitrogen and oxygen atoms in total. The molecule has 0 amide bonds. The molecule has 2 N–H and O–H groups in total. The number of carbonyl (C=O) groups is 1. The predicted octanol–water partition coefficient (Wildman–Crippen LogP) is 2.05. The summed E-state index contributed by atoms with van der Waals surface area (Å²) >= 11 is 6.17. The van der Waals surface area contributed by atoms with Crippen molar-refractivity contribution in [3.05, 3.63) is 16.9 Å². The Balaban J connectivity index is 3.11. The number of likely N-dealkylation sites (N-methyl/N-ethyl adjacent to an activating group) is 1. The zero-order chi connectivity index (χ0) is 15.3. The third kappa shape index (κ3) is 3.40. The highest BCUT2D eigenvalue weighted by molar-refractivity contribution is 6.33. The molecule has 0 saturated carbocycles. The van der Waals surface area contributed by atoms with Gasteiger partial charge in [-0.3, -0.25) is 9.48 Å². The summed E-state index contributed by atoms with van der Waals surface area (Å²) in [6.07, 6.45) is 2.94. The highest BCUT2D eigenvalue weighted by Crippen LogP contribution is 2.32. The summed E-state index contributed by atoms with van der Waals surface area (Å²) in [5.41, 5.74) is 5.80. The molecule has 0 bridgehead atoms. The molecule has 0 fully saturated rings. The van der Waals surface area contributed by atoms with Gasteiger partial charge in [-0.25, -0.2) is 0 Å². The van der Waals surface area contributed by atoms with Crippen LogP contribution in [0.1, 0.15) is 37.2 Å². The Morgan fingerprint density at radius 2 is 2.05 bits per heavy atom. The van der Waals surface area contributed by atoms with Crippen LogP contribution in [-0.2, 0) is 6.54 Å². The normalized spacial score (nSPS) is 12.2. The number of halogens is 1. The molecule has 1 heterocycles. The van der Waals surface area contributed by atoms with Gasteiger partial charge in [0.2, 0.25) is 0 Å². The van der Waals surface area contributed by atoms with Gasteiger partial charge in [-0.2, -0.15) is 5.10 Å². The molecule has 0 unspecified atom stereocenters. The van der Waals surface area contributed by atoms with Crippen LogP contribution < -0.4 is 5.73 Å². The van der Waals surface area contributed by atoms with Gasteiger partial charge in [0.05, 0.1) is 17.8 Å². The summed E-state index contributed by atoms with van der Waals surface area (Å²) in [4.78, 5) is 14.9. The van der Waals surface area contributed by atoms with E-state index in [1.807, 2.05) is 32.8 Å². The Labute approximate surface area is 126 Å². The molecule has 0 atom stereocenters. The van der Waals surface area contributed by atoms with E-state index < -0.39 is 5.41 Å². The number of nitrogens with zero attached hydrogens (tertiary/aromatic N) is 3. The molecule has 1 aromatic heterocycles. The number of nitrogens with two attached hydrogens (primary N) is 1. The van der Waals surface area contributed by atoms with E-state index in [0.29, 0.717) is 36.6 Å². The monoisotopic (exact) mass is 300 g/mol. The van der Waals surface area contributed by atoms with Crippen molar-refractivity contribution < 1.29 is 4.79 Å². The first-order valence-corrected chi connectivity index (χ1v) is 7.40. The average Bonchev–Trinajstić information content (AvgIpc) is 2.79. The molecule has 0 spiro atoms. The minimum absolute atomic E-state index is 0.00579. The molecular weight excluding hydrogens is 276 g/mol. The Morgan fingerprint density at radius 3 is 2.50 bits per heavy atom. The van der Waals surface area contributed by atoms with Gasteiger partial charge in [-0.1, -0.05) is 25.4 Å². The van der Waals surface area contributed by atoms with E-state index in [-0.39, 0.29) is 5.78 Å². The smallest absolute Gasteiger partial charge is 0.189 e. The lowest BCUT2D eigenvalue weighted by atomic mass is 9.77. The van der Waals surface area contributed by atoms with Gasteiger partial charge in [0.15, 0.2) is 5.78 Å². The maximum atomic E-state index is 12.9. The van der Waals surface area contributed by atoms with Gasteiger partial charge in [0.1, 0.15) is 5.69 Å². The Morgan fingerprint density at radius 1 is 1.45 bits per heavy atom. The van der Waals surface area contributed by atoms with Crippen LogP contribution in [0.4, 0.5) is 0 Å². The third-order valence-corrected chi connectivity index (χ3v) is 4.27. The van der Waals surface area contributed by atoms with Crippen molar-refractivity contribution in [2.75, 3.05) is 27.2 Å². The van der Waals surface area contributed by atoms with Crippen LogP contribution in [0.25, 0.3) is 0 Å². The second-order valence-electron chi connectivity index (χ2n) is 5.39. The lowest BCUT2D eigenvalue weighted by Crippen LogP contribution is -2.39. The minimum atomic E-state index is -0.542. The van der Waals surface area contributed by atoms with E-state index in [9.17, 15) is 4.79 Å². The number of hydrogen-bond acceptors (Lipinski definition) is 4. The lowest BCUT2D eigenvalue weighted by Gasteiger charge is -2.28. The molecule has 6 heteroatoms. The second-order valence-corrected chi connectivity index (χ2v) is 5.80. The van der Waals surface area contributed by atoms with E-state index in [1.54, 1.807) is 4.68 Å². The fourth-order valence-electron chi connectivity index (χ4n) is 2.26. The Kier molecular flexibility index (Phi) is 6.17. The van der Waals surface area contributed by atoms with Gasteiger partial charge in [0, 0.05) is 18.5 Å². The van der Waals surface area contributed by atoms with Crippen molar-refractivity contribution in [1.29, 1.82) is 0 Å². The zero-order valence-corrected chi connectivity index (χ0v) is 13.6. The van der Waals surface area contributed by atoms with Gasteiger partial charge < -0.3 is 10.6 Å². The van der Waals surface area contributed by atoms with Crippen LogP contribution in [0.15, 0.2) is 6.20 Å². The van der Waals surface area contributed by atoms with E-state index in [4.69, 9.17) is 17.3 Å². The van der Waals surface area contributed by atoms with Gasteiger partial charge >= 0.3 is 0 Å². The highest BCUT2D eigenvalue weighted by atomic mass is 35.5. The average molecular weight is 301 g/mol. The first-order valence-electron chi connectivity index (χ1n) is 7.02. The molecule has 0 aliphatic carbocycles. The van der Waals surface area contributed by atoms with Gasteiger partial charge in [-0.15, -0.1) is 0 Å². The predicted molar refractivity (Wildman–Crippen MR) is 82.2 cm³/mol. The zero-order valence-electron chi connectivity index (χ0n) is 12.8. The van der Waals surface area contributed by atoms with Gasteiger partial charge in [0.25, 0.3) is 0 Å². The molecule has 1 aromatic rings. The van der Waals surface area contributed by atoms with Crippen molar-refractivity contribution in [2.24, 2.45) is 11.1 Å². The largest absolute Gasteiger partial charge is 0.329 e. The molecule has 0 aromatic carbocycles. The molecule has 0 aliphatic rings. The Hall–Kier alpha value is -0.910. The number of ketones is 1. The first-order chi connectivity index (χ1) is 9.41. The van der Waals surface area contributed by atoms with E-state index >= 15 is 0 Å². The third-order valence-electron chi connectivity index (χ3n) is 3.99. The van der Waals surface area contributed by atoms with Crippen molar-refractivity contribution >= 4 is 17.4 Å². The first kappa shape index (κ1) is 17.1. The molecule has 20 heavy (non-hydrogen) atoms. The van der Waals surface area contributed by atoms with Crippen LogP contribution >= 0.6 is 11.6 Å². The summed E-state index contributed by atoms with van der Waals surface area (Å²) in [6.45, 7) is 5.74. The minimum Gasteiger partial charge on any atom is -0.329 e. The SMILES string of the molecule is CCC(CC)(CN)C(=O)c1c(Cl)cnn1CCN(C)C. The quantitative estimate of drug-likeness (QED) is 0.746. The van der Waals surface area contributed by atoms with E-state index in [0.717, 1.165) is 6.54 Å². The standard InChI is InChI=1S/C14H25ClN4O/c1-5-14(6-2,10-16)13(20)12-11(15)9-17-19(12)8-7-18(3)4/h9H,5-8,10,16H2,1-4H3. The second kappa shape index (κ2) is 7.20. The van der Waals surface area contributed by atoms with Crippen molar-refractivity contribution in [1.82, 2.24) is 14.7 Å². The van der Waals surface area contributed by atoms with Crippen LogP contribution in [0.3, 0.4) is 0 Å². The molecule has 0 saturated heterocycles. The number of carbonyl (C=O) groups excluding carboxylic acids is 1. The number of aromatic nitrogens is 2. The number of rotatable bonds is 8. The molecular formula is C14H25ClN4O. The topological polar surface area (TPSA) is 64.2 Å². The Bertz CT molecular complexity index is 444. The van der Waals surface area contributed by atoms with Crippen molar-refractivity contribution in [2.45, 2.75) is 33.2 Å². The summed E-state index contributed by atoms with van der Waals surface area (Å²) in [5, 5.41) is 4.63.